The van der Waals surface area contributed by atoms with Gasteiger partial charge in [-0.1, -0.05) is 43.3 Å². The topological polar surface area (TPSA) is 45.8 Å². The van der Waals surface area contributed by atoms with Gasteiger partial charge in [-0.25, -0.2) is 4.98 Å². The molecule has 0 aliphatic rings. The molecule has 0 amide bonds. The monoisotopic (exact) mass is 244 g/mol. The lowest BCUT2D eigenvalue weighted by atomic mass is 10.2. The first-order chi connectivity index (χ1) is 7.11. The smallest absolute Gasteiger partial charge is 0.251 e. The second-order valence-corrected chi connectivity index (χ2v) is 4.60. The normalized spacial score (nSPS) is 10.3. The molecule has 3 nitrogen and oxygen atoms in total. The van der Waals surface area contributed by atoms with Crippen molar-refractivity contribution in [3.63, 3.8) is 0 Å². The molecule has 0 saturated carbocycles. The number of hydrogen-bond acceptors (Lipinski definition) is 3. The van der Waals surface area contributed by atoms with Crippen LogP contribution < -0.4 is 5.56 Å². The number of nitrogens with one attached hydrogen (secondary N) is 1. The third-order valence-corrected chi connectivity index (χ3v) is 2.90. The van der Waals surface area contributed by atoms with Gasteiger partial charge in [0.1, 0.15) is 0 Å². The number of rotatable bonds is 5. The first-order valence-electron chi connectivity index (χ1n) is 4.68. The minimum absolute atomic E-state index is 0.115. The molecule has 0 fully saturated rings. The summed E-state index contributed by atoms with van der Waals surface area (Å²) < 4.78 is 0. The lowest BCUT2D eigenvalue weighted by molar-refractivity contribution is 0.816. The molecule has 0 unspecified atom stereocenters. The van der Waals surface area contributed by atoms with Crippen molar-refractivity contribution >= 4 is 23.4 Å². The summed E-state index contributed by atoms with van der Waals surface area (Å²) >= 11 is 7.02. The molecule has 0 aromatic carbocycles. The van der Waals surface area contributed by atoms with E-state index in [4.69, 9.17) is 11.6 Å². The first kappa shape index (κ1) is 12.3. The minimum Gasteiger partial charge on any atom is -0.301 e. The zero-order valence-electron chi connectivity index (χ0n) is 8.55. The molecule has 0 aliphatic carbocycles. The van der Waals surface area contributed by atoms with Gasteiger partial charge in [0.15, 0.2) is 5.16 Å². The molecule has 15 heavy (non-hydrogen) atoms. The Morgan fingerprint density at radius 1 is 1.73 bits per heavy atom. The van der Waals surface area contributed by atoms with Gasteiger partial charge in [0.25, 0.3) is 5.56 Å². The lowest BCUT2D eigenvalue weighted by Gasteiger charge is -2.02. The van der Waals surface area contributed by atoms with Crippen molar-refractivity contribution in [1.29, 1.82) is 0 Å². The maximum Gasteiger partial charge on any atom is 0.251 e. The minimum atomic E-state index is -0.115. The van der Waals surface area contributed by atoms with E-state index in [1.807, 2.05) is 0 Å². The Morgan fingerprint density at radius 3 is 3.07 bits per heavy atom. The van der Waals surface area contributed by atoms with Crippen LogP contribution in [0.1, 0.15) is 19.0 Å². The van der Waals surface area contributed by atoms with E-state index in [1.54, 1.807) is 0 Å². The van der Waals surface area contributed by atoms with E-state index >= 15 is 0 Å². The fourth-order valence-corrected chi connectivity index (χ4v) is 1.89. The van der Waals surface area contributed by atoms with Crippen molar-refractivity contribution in [1.82, 2.24) is 9.97 Å². The molecule has 0 radical (unpaired) electrons. The molecule has 1 rings (SSSR count). The molecular formula is C10H13ClN2OS. The molecule has 0 atom stereocenters. The van der Waals surface area contributed by atoms with Crippen molar-refractivity contribution in [2.45, 2.75) is 24.9 Å². The van der Waals surface area contributed by atoms with Crippen LogP contribution in [0.2, 0.25) is 0 Å². The zero-order valence-corrected chi connectivity index (χ0v) is 10.1. The molecule has 1 aromatic heterocycles. The molecule has 82 valence electrons. The Morgan fingerprint density at radius 2 is 2.47 bits per heavy atom. The number of aromatic amines is 1. The number of H-pyrrole nitrogens is 1. The molecule has 1 aromatic rings. The number of nitrogens with zero attached hydrogens (tertiary/aromatic N) is 1. The largest absolute Gasteiger partial charge is 0.301 e. The number of hydrogen-bond donors (Lipinski definition) is 1. The van der Waals surface area contributed by atoms with Gasteiger partial charge in [-0.15, -0.1) is 0 Å². The molecule has 0 aliphatic heterocycles. The fraction of sp³-hybridized carbons (Fsp3) is 0.400. The Bertz CT molecular complexity index is 403. The number of aryl methyl sites for hydroxylation is 1. The summed E-state index contributed by atoms with van der Waals surface area (Å²) in [7, 11) is 0. The van der Waals surface area contributed by atoms with Crippen molar-refractivity contribution < 1.29 is 0 Å². The van der Waals surface area contributed by atoms with Crippen LogP contribution in [-0.4, -0.2) is 15.7 Å². The van der Waals surface area contributed by atoms with Gasteiger partial charge in [-0.3, -0.25) is 4.79 Å². The van der Waals surface area contributed by atoms with Crippen LogP contribution in [0.3, 0.4) is 0 Å². The average molecular weight is 245 g/mol. The molecule has 0 spiro atoms. The number of halogens is 1. The Hall–Kier alpha value is -0.740. The summed E-state index contributed by atoms with van der Waals surface area (Å²) in [6, 6.07) is 1.53. The maximum atomic E-state index is 11.3. The third kappa shape index (κ3) is 4.53. The van der Waals surface area contributed by atoms with E-state index in [1.165, 1.54) is 17.8 Å². The lowest BCUT2D eigenvalue weighted by Crippen LogP contribution is -2.10. The highest BCUT2D eigenvalue weighted by Crippen LogP contribution is 2.16. The van der Waals surface area contributed by atoms with Gasteiger partial charge in [0, 0.05) is 22.5 Å². The molecule has 0 bridgehead atoms. The molecule has 0 saturated heterocycles. The fourth-order valence-electron chi connectivity index (χ4n) is 1.08. The van der Waals surface area contributed by atoms with Crippen molar-refractivity contribution in [3.8, 4) is 0 Å². The van der Waals surface area contributed by atoms with Gasteiger partial charge in [0.2, 0.25) is 0 Å². The summed E-state index contributed by atoms with van der Waals surface area (Å²) in [5, 5.41) is 1.15. The molecule has 1 heterocycles. The van der Waals surface area contributed by atoms with Crippen molar-refractivity contribution in [2.24, 2.45) is 0 Å². The summed E-state index contributed by atoms with van der Waals surface area (Å²) in [5.74, 6) is 0.556. The molecular weight excluding hydrogens is 232 g/mol. The highest BCUT2D eigenvalue weighted by atomic mass is 35.5. The summed E-state index contributed by atoms with van der Waals surface area (Å²) in [6.45, 7) is 5.63. The van der Waals surface area contributed by atoms with Gasteiger partial charge in [-0.05, 0) is 6.42 Å². The Kier molecular flexibility index (Phi) is 4.91. The van der Waals surface area contributed by atoms with E-state index in [0.29, 0.717) is 15.9 Å². The van der Waals surface area contributed by atoms with Crippen LogP contribution in [0.5, 0.6) is 0 Å². The Labute approximate surface area is 98.0 Å². The number of aromatic nitrogens is 2. The van der Waals surface area contributed by atoms with Crippen LogP contribution >= 0.6 is 23.4 Å². The third-order valence-electron chi connectivity index (χ3n) is 1.64. The van der Waals surface area contributed by atoms with E-state index in [2.05, 4.69) is 23.5 Å². The van der Waals surface area contributed by atoms with E-state index in [9.17, 15) is 4.79 Å². The van der Waals surface area contributed by atoms with Crippen molar-refractivity contribution in [3.05, 3.63) is 33.7 Å². The number of thioether (sulfide) groups is 1. The van der Waals surface area contributed by atoms with Crippen LogP contribution in [0.4, 0.5) is 0 Å². The summed E-state index contributed by atoms with van der Waals surface area (Å²) in [5.41, 5.74) is 0.708. The summed E-state index contributed by atoms with van der Waals surface area (Å²) in [4.78, 5) is 18.2. The standard InChI is InChI=1S/C10H13ClN2OS/c1-3-4-8-5-9(14)13-10(12-8)15-6-7(2)11/h5H,2-4,6H2,1H3,(H,12,13,14). The van der Waals surface area contributed by atoms with Gasteiger partial charge < -0.3 is 4.98 Å². The van der Waals surface area contributed by atoms with E-state index < -0.39 is 0 Å². The summed E-state index contributed by atoms with van der Waals surface area (Å²) in [6.07, 6.45) is 1.79. The SMILES string of the molecule is C=C(Cl)CSc1nc(CCC)cc(=O)[nH]1. The second-order valence-electron chi connectivity index (χ2n) is 3.10. The zero-order chi connectivity index (χ0) is 11.3. The van der Waals surface area contributed by atoms with Crippen LogP contribution in [0, 0.1) is 0 Å². The second kappa shape index (κ2) is 5.98. The van der Waals surface area contributed by atoms with Crippen LogP contribution in [0.25, 0.3) is 0 Å². The van der Waals surface area contributed by atoms with Crippen molar-refractivity contribution in [2.75, 3.05) is 5.75 Å². The molecule has 5 heteroatoms. The van der Waals surface area contributed by atoms with E-state index in [-0.39, 0.29) is 5.56 Å². The Balaban J connectivity index is 2.79. The predicted octanol–water partition coefficient (Wildman–Crippen LogP) is 2.57. The quantitative estimate of drug-likeness (QED) is 0.640. The van der Waals surface area contributed by atoms with Gasteiger partial charge >= 0.3 is 0 Å². The molecule has 1 N–H and O–H groups in total. The van der Waals surface area contributed by atoms with Gasteiger partial charge in [0.05, 0.1) is 0 Å². The maximum absolute atomic E-state index is 11.3. The highest BCUT2D eigenvalue weighted by molar-refractivity contribution is 7.99. The first-order valence-corrected chi connectivity index (χ1v) is 6.04. The van der Waals surface area contributed by atoms with Crippen LogP contribution in [-0.2, 0) is 6.42 Å². The van der Waals surface area contributed by atoms with E-state index in [0.717, 1.165) is 18.5 Å². The predicted molar refractivity (Wildman–Crippen MR) is 64.6 cm³/mol. The average Bonchev–Trinajstić information content (AvgIpc) is 2.14. The highest BCUT2D eigenvalue weighted by Gasteiger charge is 2.01. The van der Waals surface area contributed by atoms with Gasteiger partial charge in [-0.2, -0.15) is 0 Å². The van der Waals surface area contributed by atoms with Crippen LogP contribution in [0.15, 0.2) is 27.6 Å².